The number of alkyl halides is 3. The number of aliphatic hydroxyl groups is 1. The standard InChI is InChI=1S/C20H24F3NO2.ClH/c1-14(8-9-15-6-4-3-5-7-15)24-13-18(25)16-10-11-19(26-2)17(12-16)20(21,22)23;/h3-7,10-12,14,18,24-25H,8-9,13H2,1-2H3;1H. The second-order valence-corrected chi connectivity index (χ2v) is 6.31. The number of nitrogens with one attached hydrogen (secondary N) is 1. The van der Waals surface area contributed by atoms with Gasteiger partial charge < -0.3 is 15.2 Å². The average Bonchev–Trinajstić information content (AvgIpc) is 2.64. The molecule has 0 aromatic heterocycles. The number of methoxy groups -OCH3 is 1. The number of halogens is 4. The minimum absolute atomic E-state index is 0. The Labute approximate surface area is 164 Å². The van der Waals surface area contributed by atoms with E-state index in [-0.39, 0.29) is 36.3 Å². The molecule has 0 saturated carbocycles. The van der Waals surface area contributed by atoms with Gasteiger partial charge in [-0.3, -0.25) is 0 Å². The van der Waals surface area contributed by atoms with Crippen LogP contribution in [0.1, 0.15) is 36.1 Å². The summed E-state index contributed by atoms with van der Waals surface area (Å²) >= 11 is 0. The van der Waals surface area contributed by atoms with Gasteiger partial charge in [0.05, 0.1) is 18.8 Å². The zero-order chi connectivity index (χ0) is 19.2. The Morgan fingerprint density at radius 3 is 2.37 bits per heavy atom. The van der Waals surface area contributed by atoms with E-state index in [1.165, 1.54) is 24.8 Å². The van der Waals surface area contributed by atoms with Gasteiger partial charge in [-0.15, -0.1) is 12.4 Å². The van der Waals surface area contributed by atoms with Crippen molar-refractivity contribution < 1.29 is 23.0 Å². The van der Waals surface area contributed by atoms with Gasteiger partial charge in [-0.2, -0.15) is 13.2 Å². The lowest BCUT2D eigenvalue weighted by atomic mass is 10.0. The number of ether oxygens (including phenoxy) is 1. The summed E-state index contributed by atoms with van der Waals surface area (Å²) in [6.07, 6.45) is -3.79. The summed E-state index contributed by atoms with van der Waals surface area (Å²) in [5, 5.41) is 13.4. The summed E-state index contributed by atoms with van der Waals surface area (Å²) in [6.45, 7) is 2.17. The van der Waals surface area contributed by atoms with Crippen molar-refractivity contribution in [2.24, 2.45) is 0 Å². The smallest absolute Gasteiger partial charge is 0.419 e. The Balaban J connectivity index is 0.00000364. The zero-order valence-electron chi connectivity index (χ0n) is 15.3. The molecule has 0 aliphatic heterocycles. The summed E-state index contributed by atoms with van der Waals surface area (Å²) in [6, 6.07) is 13.8. The van der Waals surface area contributed by atoms with Crippen molar-refractivity contribution in [1.29, 1.82) is 0 Å². The monoisotopic (exact) mass is 403 g/mol. The molecule has 150 valence electrons. The van der Waals surface area contributed by atoms with E-state index in [2.05, 4.69) is 17.4 Å². The number of aryl methyl sites for hydroxylation is 1. The highest BCUT2D eigenvalue weighted by atomic mass is 35.5. The van der Waals surface area contributed by atoms with Gasteiger partial charge in [-0.05, 0) is 43.0 Å². The van der Waals surface area contributed by atoms with Crippen LogP contribution in [0.5, 0.6) is 5.75 Å². The van der Waals surface area contributed by atoms with Crippen LogP contribution in [0, 0.1) is 0 Å². The van der Waals surface area contributed by atoms with Crippen LogP contribution in [0.15, 0.2) is 48.5 Å². The Morgan fingerprint density at radius 2 is 1.78 bits per heavy atom. The van der Waals surface area contributed by atoms with Gasteiger partial charge in [-0.25, -0.2) is 0 Å². The van der Waals surface area contributed by atoms with Crippen molar-refractivity contribution in [1.82, 2.24) is 5.32 Å². The molecule has 0 saturated heterocycles. The van der Waals surface area contributed by atoms with E-state index >= 15 is 0 Å². The third kappa shape index (κ3) is 7.05. The SMILES string of the molecule is COc1ccc(C(O)CNC(C)CCc2ccccc2)cc1C(F)(F)F.Cl. The molecule has 0 radical (unpaired) electrons. The quantitative estimate of drug-likeness (QED) is 0.666. The largest absolute Gasteiger partial charge is 0.496 e. The Kier molecular flexibility index (Phi) is 9.09. The minimum atomic E-state index is -4.53. The maximum atomic E-state index is 13.1. The average molecular weight is 404 g/mol. The van der Waals surface area contributed by atoms with E-state index in [9.17, 15) is 18.3 Å². The zero-order valence-corrected chi connectivity index (χ0v) is 16.1. The van der Waals surface area contributed by atoms with Gasteiger partial charge in [0, 0.05) is 12.6 Å². The molecule has 0 aliphatic carbocycles. The predicted molar refractivity (Wildman–Crippen MR) is 102 cm³/mol. The van der Waals surface area contributed by atoms with Crippen molar-refractivity contribution in [3.63, 3.8) is 0 Å². The van der Waals surface area contributed by atoms with Crippen LogP contribution < -0.4 is 10.1 Å². The summed E-state index contributed by atoms with van der Waals surface area (Å²) in [4.78, 5) is 0. The molecule has 2 atom stereocenters. The summed E-state index contributed by atoms with van der Waals surface area (Å²) in [7, 11) is 1.19. The highest BCUT2D eigenvalue weighted by Crippen LogP contribution is 2.37. The van der Waals surface area contributed by atoms with E-state index in [1.54, 1.807) is 0 Å². The summed E-state index contributed by atoms with van der Waals surface area (Å²) in [5.74, 6) is -0.252. The summed E-state index contributed by atoms with van der Waals surface area (Å²) < 4.78 is 44.0. The van der Waals surface area contributed by atoms with Crippen LogP contribution >= 0.6 is 12.4 Å². The molecule has 3 nitrogen and oxygen atoms in total. The topological polar surface area (TPSA) is 41.5 Å². The molecule has 7 heteroatoms. The van der Waals surface area contributed by atoms with Crippen molar-refractivity contribution in [3.05, 3.63) is 65.2 Å². The first-order chi connectivity index (χ1) is 12.3. The molecule has 0 aliphatic rings. The number of aliphatic hydroxyl groups excluding tert-OH is 1. The van der Waals surface area contributed by atoms with Gasteiger partial charge in [0.2, 0.25) is 0 Å². The number of benzene rings is 2. The first-order valence-corrected chi connectivity index (χ1v) is 8.51. The van der Waals surface area contributed by atoms with Crippen molar-refractivity contribution >= 4 is 12.4 Å². The lowest BCUT2D eigenvalue weighted by Gasteiger charge is -2.19. The third-order valence-electron chi connectivity index (χ3n) is 4.28. The second kappa shape index (κ2) is 10.5. The van der Waals surface area contributed by atoms with Crippen LogP contribution in [0.2, 0.25) is 0 Å². The van der Waals surface area contributed by atoms with E-state index in [4.69, 9.17) is 4.74 Å². The number of hydrogen-bond acceptors (Lipinski definition) is 3. The fraction of sp³-hybridized carbons (Fsp3) is 0.400. The highest BCUT2D eigenvalue weighted by molar-refractivity contribution is 5.85. The Hall–Kier alpha value is -1.76. The van der Waals surface area contributed by atoms with E-state index in [1.807, 2.05) is 25.1 Å². The van der Waals surface area contributed by atoms with Gasteiger partial charge in [-0.1, -0.05) is 36.4 Å². The van der Waals surface area contributed by atoms with E-state index < -0.39 is 17.8 Å². The van der Waals surface area contributed by atoms with E-state index in [0.29, 0.717) is 0 Å². The van der Waals surface area contributed by atoms with Crippen molar-refractivity contribution in [2.75, 3.05) is 13.7 Å². The minimum Gasteiger partial charge on any atom is -0.496 e. The highest BCUT2D eigenvalue weighted by Gasteiger charge is 2.35. The molecule has 2 rings (SSSR count). The molecule has 2 N–H and O–H groups in total. The van der Waals surface area contributed by atoms with Crippen LogP contribution in [-0.4, -0.2) is 24.8 Å². The molecule has 0 amide bonds. The van der Waals surface area contributed by atoms with Gasteiger partial charge in [0.25, 0.3) is 0 Å². The third-order valence-corrected chi connectivity index (χ3v) is 4.28. The second-order valence-electron chi connectivity index (χ2n) is 6.31. The molecule has 2 unspecified atom stereocenters. The van der Waals surface area contributed by atoms with Crippen molar-refractivity contribution in [3.8, 4) is 5.75 Å². The Morgan fingerprint density at radius 1 is 1.11 bits per heavy atom. The lowest BCUT2D eigenvalue weighted by Crippen LogP contribution is -2.31. The normalized spacial score (nSPS) is 13.6. The fourth-order valence-corrected chi connectivity index (χ4v) is 2.71. The molecule has 0 heterocycles. The molecule has 0 fully saturated rings. The van der Waals surface area contributed by atoms with Crippen LogP contribution in [0.3, 0.4) is 0 Å². The number of hydrogen-bond donors (Lipinski definition) is 2. The number of rotatable bonds is 8. The molecule has 27 heavy (non-hydrogen) atoms. The predicted octanol–water partition coefficient (Wildman–Crippen LogP) is 4.78. The lowest BCUT2D eigenvalue weighted by molar-refractivity contribution is -0.138. The van der Waals surface area contributed by atoms with Crippen LogP contribution in [0.25, 0.3) is 0 Å². The molecule has 2 aromatic rings. The fourth-order valence-electron chi connectivity index (χ4n) is 2.71. The molecular formula is C20H25ClF3NO2. The van der Waals surface area contributed by atoms with Gasteiger partial charge in [0.15, 0.2) is 0 Å². The first-order valence-electron chi connectivity index (χ1n) is 8.51. The summed E-state index contributed by atoms with van der Waals surface area (Å²) in [5.41, 5.74) is 0.557. The molecule has 0 spiro atoms. The van der Waals surface area contributed by atoms with Crippen molar-refractivity contribution in [2.45, 2.75) is 38.1 Å². The maximum Gasteiger partial charge on any atom is 0.419 e. The van der Waals surface area contributed by atoms with Crippen LogP contribution in [0.4, 0.5) is 13.2 Å². The van der Waals surface area contributed by atoms with Crippen LogP contribution in [-0.2, 0) is 12.6 Å². The maximum absolute atomic E-state index is 13.1. The van der Waals surface area contributed by atoms with Gasteiger partial charge in [0.1, 0.15) is 5.75 Å². The molecular weight excluding hydrogens is 379 g/mol. The molecule has 2 aromatic carbocycles. The Bertz CT molecular complexity index is 695. The van der Waals surface area contributed by atoms with E-state index in [0.717, 1.165) is 18.9 Å². The molecule has 0 bridgehead atoms. The van der Waals surface area contributed by atoms with Gasteiger partial charge >= 0.3 is 6.18 Å². The first kappa shape index (κ1) is 23.3.